The molecule has 21 heavy (non-hydrogen) atoms. The van der Waals surface area contributed by atoms with Crippen molar-refractivity contribution in [3.05, 3.63) is 24.3 Å². The minimum absolute atomic E-state index is 0.0287. The molecular weight excluding hydrogens is 290 g/mol. The van der Waals surface area contributed by atoms with Crippen LogP contribution < -0.4 is 0 Å². The molecule has 2 heterocycles. The number of aryl methyl sites for hydroxylation is 1. The number of nitrogens with zero attached hydrogens (tertiary/aromatic N) is 3. The number of carbonyl (C=O) groups is 2. The fraction of sp³-hybridized carbons (Fsp3) is 0.571. The van der Waals surface area contributed by atoms with Crippen LogP contribution >= 0.6 is 11.8 Å². The summed E-state index contributed by atoms with van der Waals surface area (Å²) in [6.45, 7) is 2.70. The molecule has 0 aliphatic carbocycles. The Hall–Kier alpha value is -1.63. The average molecular weight is 309 g/mol. The Bertz CT molecular complexity index is 484. The molecule has 0 radical (unpaired) electrons. The van der Waals surface area contributed by atoms with Crippen LogP contribution in [-0.2, 0) is 20.7 Å². The molecule has 1 fully saturated rings. The zero-order valence-electron chi connectivity index (χ0n) is 12.0. The van der Waals surface area contributed by atoms with Crippen molar-refractivity contribution in [3.63, 3.8) is 0 Å². The van der Waals surface area contributed by atoms with Gasteiger partial charge in [-0.25, -0.2) is 4.79 Å². The molecule has 2 rings (SSSR count). The predicted octanol–water partition coefficient (Wildman–Crippen LogP) is 0.916. The maximum absolute atomic E-state index is 12.4. The van der Waals surface area contributed by atoms with Gasteiger partial charge in [-0.3, -0.25) is 14.8 Å². The van der Waals surface area contributed by atoms with E-state index in [1.165, 1.54) is 0 Å². The average Bonchev–Trinajstić information content (AvgIpc) is 2.54. The van der Waals surface area contributed by atoms with E-state index < -0.39 is 6.04 Å². The number of esters is 1. The van der Waals surface area contributed by atoms with E-state index in [2.05, 4.69) is 9.97 Å². The maximum Gasteiger partial charge on any atom is 0.329 e. The molecule has 1 unspecified atom stereocenters. The second-order valence-corrected chi connectivity index (χ2v) is 5.78. The zero-order valence-corrected chi connectivity index (χ0v) is 12.8. The molecule has 1 aromatic rings. The lowest BCUT2D eigenvalue weighted by atomic mass is 10.2. The highest BCUT2D eigenvalue weighted by molar-refractivity contribution is 7.99. The summed E-state index contributed by atoms with van der Waals surface area (Å²) < 4.78 is 5.06. The van der Waals surface area contributed by atoms with Crippen molar-refractivity contribution >= 4 is 23.6 Å². The second-order valence-electron chi connectivity index (χ2n) is 4.63. The Morgan fingerprint density at radius 3 is 3.05 bits per heavy atom. The third kappa shape index (κ3) is 4.42. The number of amides is 1. The lowest BCUT2D eigenvalue weighted by Gasteiger charge is -2.33. The molecule has 0 aromatic carbocycles. The van der Waals surface area contributed by atoms with Crippen molar-refractivity contribution in [2.24, 2.45) is 0 Å². The molecule has 0 bridgehead atoms. The predicted molar refractivity (Wildman–Crippen MR) is 79.8 cm³/mol. The summed E-state index contributed by atoms with van der Waals surface area (Å²) in [6, 6.07) is -0.460. The number of carbonyl (C=O) groups excluding carboxylic acids is 2. The van der Waals surface area contributed by atoms with E-state index in [0.29, 0.717) is 31.7 Å². The fourth-order valence-electron chi connectivity index (χ4n) is 2.17. The van der Waals surface area contributed by atoms with E-state index in [-0.39, 0.29) is 11.9 Å². The van der Waals surface area contributed by atoms with E-state index in [1.807, 2.05) is 0 Å². The first-order valence-electron chi connectivity index (χ1n) is 7.01. The van der Waals surface area contributed by atoms with Crippen LogP contribution in [0.3, 0.4) is 0 Å². The Morgan fingerprint density at radius 1 is 1.48 bits per heavy atom. The first-order valence-corrected chi connectivity index (χ1v) is 8.16. The summed E-state index contributed by atoms with van der Waals surface area (Å²) in [5, 5.41) is 0. The van der Waals surface area contributed by atoms with Crippen LogP contribution in [0.2, 0.25) is 0 Å². The summed E-state index contributed by atoms with van der Waals surface area (Å²) in [6.07, 6.45) is 5.73. The monoisotopic (exact) mass is 309 g/mol. The highest BCUT2D eigenvalue weighted by Crippen LogP contribution is 2.19. The number of hydrogen-bond acceptors (Lipinski definition) is 6. The molecule has 1 atom stereocenters. The summed E-state index contributed by atoms with van der Waals surface area (Å²) in [5.41, 5.74) is 0.782. The molecule has 6 nitrogen and oxygen atoms in total. The zero-order chi connectivity index (χ0) is 15.1. The Kier molecular flexibility index (Phi) is 5.98. The Morgan fingerprint density at radius 2 is 2.33 bits per heavy atom. The van der Waals surface area contributed by atoms with E-state index in [1.54, 1.807) is 42.2 Å². The molecular formula is C14H19N3O3S. The highest BCUT2D eigenvalue weighted by atomic mass is 32.2. The van der Waals surface area contributed by atoms with Crippen LogP contribution in [0.15, 0.2) is 18.6 Å². The van der Waals surface area contributed by atoms with Gasteiger partial charge in [0.1, 0.15) is 6.04 Å². The third-order valence-electron chi connectivity index (χ3n) is 3.22. The number of thioether (sulfide) groups is 1. The molecule has 0 N–H and O–H groups in total. The van der Waals surface area contributed by atoms with E-state index in [0.717, 1.165) is 11.4 Å². The van der Waals surface area contributed by atoms with Crippen LogP contribution in [-0.4, -0.2) is 57.4 Å². The van der Waals surface area contributed by atoms with Crippen molar-refractivity contribution in [2.45, 2.75) is 25.8 Å². The van der Waals surface area contributed by atoms with E-state index in [9.17, 15) is 9.59 Å². The second kappa shape index (κ2) is 7.97. The topological polar surface area (TPSA) is 72.4 Å². The molecule has 1 aliphatic rings. The quantitative estimate of drug-likeness (QED) is 0.753. The van der Waals surface area contributed by atoms with Gasteiger partial charge in [-0.1, -0.05) is 0 Å². The molecule has 1 saturated heterocycles. The smallest absolute Gasteiger partial charge is 0.329 e. The molecule has 1 amide bonds. The van der Waals surface area contributed by atoms with Gasteiger partial charge in [0.2, 0.25) is 5.91 Å². The number of ether oxygens (including phenoxy) is 1. The first kappa shape index (κ1) is 15.8. The van der Waals surface area contributed by atoms with Crippen LogP contribution in [0.5, 0.6) is 0 Å². The minimum Gasteiger partial charge on any atom is -0.464 e. The molecule has 0 saturated carbocycles. The third-order valence-corrected chi connectivity index (χ3v) is 4.24. The van der Waals surface area contributed by atoms with Crippen LogP contribution in [0.1, 0.15) is 19.0 Å². The van der Waals surface area contributed by atoms with Gasteiger partial charge in [0.05, 0.1) is 12.3 Å². The molecule has 114 valence electrons. The number of hydrogen-bond donors (Lipinski definition) is 0. The highest BCUT2D eigenvalue weighted by Gasteiger charge is 2.33. The van der Waals surface area contributed by atoms with E-state index >= 15 is 0 Å². The number of aromatic nitrogens is 2. The summed E-state index contributed by atoms with van der Waals surface area (Å²) in [7, 11) is 0. The summed E-state index contributed by atoms with van der Waals surface area (Å²) >= 11 is 1.68. The summed E-state index contributed by atoms with van der Waals surface area (Å²) in [4.78, 5) is 34.1. The molecule has 1 aromatic heterocycles. The van der Waals surface area contributed by atoms with Gasteiger partial charge in [-0.15, -0.1) is 0 Å². The SMILES string of the molecule is CCOC(=O)C1CSCCN1C(=O)CCc1cnccn1. The van der Waals surface area contributed by atoms with Crippen molar-refractivity contribution < 1.29 is 14.3 Å². The van der Waals surface area contributed by atoms with Crippen molar-refractivity contribution in [1.29, 1.82) is 0 Å². The molecule has 7 heteroatoms. The maximum atomic E-state index is 12.4. The van der Waals surface area contributed by atoms with Crippen molar-refractivity contribution in [1.82, 2.24) is 14.9 Å². The Labute approximate surface area is 128 Å². The lowest BCUT2D eigenvalue weighted by Crippen LogP contribution is -2.51. The van der Waals surface area contributed by atoms with Crippen molar-refractivity contribution in [3.8, 4) is 0 Å². The number of rotatable bonds is 5. The van der Waals surface area contributed by atoms with Gasteiger partial charge in [0.15, 0.2) is 0 Å². The Balaban J connectivity index is 1.93. The van der Waals surface area contributed by atoms with Crippen LogP contribution in [0, 0.1) is 0 Å². The van der Waals surface area contributed by atoms with Gasteiger partial charge >= 0.3 is 5.97 Å². The standard InChI is InChI=1S/C14H19N3O3S/c1-2-20-14(19)12-10-21-8-7-17(12)13(18)4-3-11-9-15-5-6-16-11/h5-6,9,12H,2-4,7-8,10H2,1H3. The normalized spacial score (nSPS) is 18.3. The van der Waals surface area contributed by atoms with Gasteiger partial charge < -0.3 is 9.64 Å². The van der Waals surface area contributed by atoms with Gasteiger partial charge in [0.25, 0.3) is 0 Å². The van der Waals surface area contributed by atoms with Crippen LogP contribution in [0.4, 0.5) is 0 Å². The fourth-order valence-corrected chi connectivity index (χ4v) is 3.21. The van der Waals surface area contributed by atoms with Gasteiger partial charge in [0, 0.05) is 43.1 Å². The largest absolute Gasteiger partial charge is 0.464 e. The lowest BCUT2D eigenvalue weighted by molar-refractivity contribution is -0.153. The molecule has 1 aliphatic heterocycles. The minimum atomic E-state index is -0.460. The van der Waals surface area contributed by atoms with Crippen LogP contribution in [0.25, 0.3) is 0 Å². The first-order chi connectivity index (χ1) is 10.2. The van der Waals surface area contributed by atoms with E-state index in [4.69, 9.17) is 4.74 Å². The van der Waals surface area contributed by atoms with Gasteiger partial charge in [-0.05, 0) is 13.3 Å². The van der Waals surface area contributed by atoms with Crippen molar-refractivity contribution in [2.75, 3.05) is 24.7 Å². The summed E-state index contributed by atoms with van der Waals surface area (Å²) in [5.74, 6) is 1.12. The molecule has 0 spiro atoms. The van der Waals surface area contributed by atoms with Gasteiger partial charge in [-0.2, -0.15) is 11.8 Å².